The molecule has 0 heterocycles. The van der Waals surface area contributed by atoms with Gasteiger partial charge in [-0.15, -0.1) is 0 Å². The maximum atomic E-state index is 9.10. The van der Waals surface area contributed by atoms with Gasteiger partial charge in [-0.3, -0.25) is 19.2 Å². The second-order valence-corrected chi connectivity index (χ2v) is 2.69. The summed E-state index contributed by atoms with van der Waals surface area (Å²) in [6.45, 7) is 4.33. The molecule has 0 aromatic heterocycles. The van der Waals surface area contributed by atoms with Gasteiger partial charge in [-0.2, -0.15) is 0 Å². The minimum Gasteiger partial charge on any atom is -0.481 e. The van der Waals surface area contributed by atoms with Crippen LogP contribution in [0.3, 0.4) is 0 Å². The summed E-state index contributed by atoms with van der Waals surface area (Å²) >= 11 is 0. The summed E-state index contributed by atoms with van der Waals surface area (Å²) in [5.74, 6) is -6.98. The molecule has 0 bridgehead atoms. The van der Waals surface area contributed by atoms with Crippen LogP contribution < -0.4 is 0 Å². The maximum absolute atomic E-state index is 9.10. The van der Waals surface area contributed by atoms with Gasteiger partial charge in [-0.1, -0.05) is 0 Å². The number of hydrogen-bond donors (Lipinski definition) is 6. The van der Waals surface area contributed by atoms with E-state index in [9.17, 15) is 0 Å². The second kappa shape index (κ2) is 23.0. The minimum absolute atomic E-state index is 0.833. The normalized spacial score (nSPS) is 6.55. The average molecular weight is 330 g/mol. The van der Waals surface area contributed by atoms with Crippen LogP contribution in [-0.2, 0) is 28.8 Å². The van der Waals surface area contributed by atoms with Crippen molar-refractivity contribution in [1.82, 2.24) is 0 Å². The van der Waals surface area contributed by atoms with Gasteiger partial charge in [0, 0.05) is 27.7 Å². The molecule has 0 rings (SSSR count). The van der Waals surface area contributed by atoms with Crippen molar-refractivity contribution in [1.29, 1.82) is 0 Å². The molecule has 0 aliphatic rings. The molecular formula is C10H18O12. The Balaban J connectivity index is -0.0000000555. The van der Waals surface area contributed by atoms with Crippen LogP contribution in [-0.4, -0.2) is 66.5 Å². The molecular weight excluding hydrogens is 312 g/mol. The Morgan fingerprint density at radius 2 is 0.455 bits per heavy atom. The van der Waals surface area contributed by atoms with Crippen molar-refractivity contribution in [2.75, 3.05) is 0 Å². The smallest absolute Gasteiger partial charge is 0.414 e. The van der Waals surface area contributed by atoms with Crippen LogP contribution in [0.2, 0.25) is 0 Å². The monoisotopic (exact) mass is 330 g/mol. The maximum Gasteiger partial charge on any atom is 0.414 e. The molecule has 0 fully saturated rings. The lowest BCUT2D eigenvalue weighted by atomic mass is 10.7. The van der Waals surface area contributed by atoms with Gasteiger partial charge in [-0.05, 0) is 0 Å². The van der Waals surface area contributed by atoms with Gasteiger partial charge in [0.2, 0.25) is 0 Å². The van der Waals surface area contributed by atoms with Crippen molar-refractivity contribution < 1.29 is 59.4 Å². The highest BCUT2D eigenvalue weighted by Gasteiger charge is 2.04. The Kier molecular flexibility index (Phi) is 32.6. The van der Waals surface area contributed by atoms with Gasteiger partial charge < -0.3 is 30.6 Å². The van der Waals surface area contributed by atoms with E-state index >= 15 is 0 Å². The van der Waals surface area contributed by atoms with Crippen molar-refractivity contribution in [2.45, 2.75) is 27.7 Å². The highest BCUT2D eigenvalue weighted by molar-refractivity contribution is 6.27. The molecule has 0 saturated heterocycles. The summed E-state index contributed by atoms with van der Waals surface area (Å²) in [4.78, 5) is 54.2. The zero-order valence-corrected chi connectivity index (χ0v) is 12.1. The molecule has 12 heteroatoms. The lowest BCUT2D eigenvalue weighted by Gasteiger charge is -1.72. The quantitative estimate of drug-likeness (QED) is 0.309. The molecule has 0 aliphatic heterocycles. The topological polar surface area (TPSA) is 224 Å². The molecule has 0 spiro atoms. The van der Waals surface area contributed by atoms with Crippen LogP contribution in [0.1, 0.15) is 27.7 Å². The highest BCUT2D eigenvalue weighted by atomic mass is 16.4. The lowest BCUT2D eigenvalue weighted by Crippen LogP contribution is -2.09. The summed E-state index contributed by atoms with van der Waals surface area (Å²) in [7, 11) is 0. The third-order valence-corrected chi connectivity index (χ3v) is 0.183. The Morgan fingerprint density at radius 3 is 0.455 bits per heavy atom. The van der Waals surface area contributed by atoms with Crippen LogP contribution >= 0.6 is 0 Å². The third-order valence-electron chi connectivity index (χ3n) is 0.183. The van der Waals surface area contributed by atoms with Crippen LogP contribution in [0.25, 0.3) is 0 Å². The van der Waals surface area contributed by atoms with Crippen molar-refractivity contribution in [3.63, 3.8) is 0 Å². The fourth-order valence-electron chi connectivity index (χ4n) is 0. The van der Waals surface area contributed by atoms with Gasteiger partial charge in [-0.25, -0.2) is 9.59 Å². The van der Waals surface area contributed by atoms with Crippen molar-refractivity contribution in [2.24, 2.45) is 0 Å². The SMILES string of the molecule is CC(=O)O.CC(=O)O.CC(=O)O.CC(=O)O.O=C(O)C(=O)O. The largest absolute Gasteiger partial charge is 0.481 e. The van der Waals surface area contributed by atoms with E-state index in [1.807, 2.05) is 0 Å². The number of hydrogen-bond acceptors (Lipinski definition) is 6. The molecule has 0 aromatic rings. The number of rotatable bonds is 0. The summed E-state index contributed by atoms with van der Waals surface area (Å²) in [5, 5.41) is 44.4. The second-order valence-electron chi connectivity index (χ2n) is 2.69. The molecule has 6 N–H and O–H groups in total. The molecule has 0 radical (unpaired) electrons. The van der Waals surface area contributed by atoms with Gasteiger partial charge in [0.25, 0.3) is 23.9 Å². The predicted octanol–water partition coefficient (Wildman–Crippen LogP) is -0.481. The fourth-order valence-corrected chi connectivity index (χ4v) is 0. The van der Waals surface area contributed by atoms with E-state index in [1.165, 1.54) is 0 Å². The van der Waals surface area contributed by atoms with E-state index in [0.717, 1.165) is 27.7 Å². The summed E-state index contributed by atoms with van der Waals surface area (Å²) in [6.07, 6.45) is 0. The van der Waals surface area contributed by atoms with Crippen molar-refractivity contribution in [3.8, 4) is 0 Å². The molecule has 0 aromatic carbocycles. The Morgan fingerprint density at radius 1 is 0.409 bits per heavy atom. The first-order valence-electron chi connectivity index (χ1n) is 4.82. The van der Waals surface area contributed by atoms with Crippen molar-refractivity contribution in [3.05, 3.63) is 0 Å². The standard InChI is InChI=1S/C2H2O4.4C2H4O2/c3-1(4)2(5)6;4*1-2(3)4/h(H,3,4)(H,5,6);4*1H3,(H,3,4). The molecule has 0 unspecified atom stereocenters. The number of carboxylic acids is 6. The summed E-state index contributed by atoms with van der Waals surface area (Å²) < 4.78 is 0. The molecule has 0 aliphatic carbocycles. The molecule has 130 valence electrons. The molecule has 22 heavy (non-hydrogen) atoms. The van der Waals surface area contributed by atoms with Gasteiger partial charge in [0.1, 0.15) is 0 Å². The van der Waals surface area contributed by atoms with E-state index < -0.39 is 35.8 Å². The first kappa shape index (κ1) is 31.3. The average Bonchev–Trinajstić information content (AvgIpc) is 2.12. The zero-order chi connectivity index (χ0) is 19.5. The van der Waals surface area contributed by atoms with Crippen molar-refractivity contribution >= 4 is 35.8 Å². The molecule has 0 atom stereocenters. The van der Waals surface area contributed by atoms with Crippen LogP contribution in [0.15, 0.2) is 0 Å². The number of carboxylic acid groups (broad SMARTS) is 6. The van der Waals surface area contributed by atoms with Crippen LogP contribution in [0.4, 0.5) is 0 Å². The first-order chi connectivity index (χ1) is 9.57. The van der Waals surface area contributed by atoms with E-state index in [4.69, 9.17) is 59.4 Å². The van der Waals surface area contributed by atoms with E-state index in [0.29, 0.717) is 0 Å². The van der Waals surface area contributed by atoms with E-state index in [-0.39, 0.29) is 0 Å². The Hall–Kier alpha value is -3.18. The van der Waals surface area contributed by atoms with E-state index in [2.05, 4.69) is 0 Å². The first-order valence-corrected chi connectivity index (χ1v) is 4.82. The van der Waals surface area contributed by atoms with Gasteiger partial charge >= 0.3 is 11.9 Å². The number of carbonyl (C=O) groups is 6. The molecule has 0 saturated carbocycles. The van der Waals surface area contributed by atoms with Crippen LogP contribution in [0, 0.1) is 0 Å². The summed E-state index contributed by atoms with van der Waals surface area (Å²) in [5.41, 5.74) is 0. The molecule has 12 nitrogen and oxygen atoms in total. The van der Waals surface area contributed by atoms with Gasteiger partial charge in [0.05, 0.1) is 0 Å². The predicted molar refractivity (Wildman–Crippen MR) is 68.5 cm³/mol. The number of aliphatic carboxylic acids is 6. The van der Waals surface area contributed by atoms with Gasteiger partial charge in [0.15, 0.2) is 0 Å². The summed E-state index contributed by atoms with van der Waals surface area (Å²) in [6, 6.07) is 0. The zero-order valence-electron chi connectivity index (χ0n) is 12.1. The molecule has 0 amide bonds. The van der Waals surface area contributed by atoms with Crippen LogP contribution in [0.5, 0.6) is 0 Å². The Bertz CT molecular complexity index is 294. The minimum atomic E-state index is -1.82. The van der Waals surface area contributed by atoms with E-state index in [1.54, 1.807) is 0 Å². The highest BCUT2D eigenvalue weighted by Crippen LogP contribution is 1.56. The Labute approximate surface area is 124 Å². The fraction of sp³-hybridized carbons (Fsp3) is 0.400. The third kappa shape index (κ3) is 6260. The lowest BCUT2D eigenvalue weighted by molar-refractivity contribution is -0.159.